The number of hydrogen-bond acceptors (Lipinski definition) is 8. The first-order chi connectivity index (χ1) is 47.5. The van der Waals surface area contributed by atoms with E-state index < -0.39 is 26.5 Å². The molecule has 0 aliphatic carbocycles. The molecule has 0 aliphatic rings. The zero-order valence-corrected chi connectivity index (χ0v) is 65.9. The monoisotopic (exact) mass is 1380 g/mol. The number of likely N-dealkylation sites (N-methyl/N-ethyl adjacent to an activating group) is 1. The molecule has 0 spiro atoms. The van der Waals surface area contributed by atoms with E-state index >= 15 is 0 Å². The summed E-state index contributed by atoms with van der Waals surface area (Å²) >= 11 is 0. The molecule has 2 unspecified atom stereocenters. The molecule has 10 heteroatoms. The summed E-state index contributed by atoms with van der Waals surface area (Å²) in [7, 11) is 1.19. The Labute approximate surface area is 603 Å². The Bertz CT molecular complexity index is 1870. The highest BCUT2D eigenvalue weighted by molar-refractivity contribution is 7.45. The van der Waals surface area contributed by atoms with Crippen molar-refractivity contribution in [3.8, 4) is 0 Å². The van der Waals surface area contributed by atoms with Gasteiger partial charge in [-0.2, -0.15) is 0 Å². The van der Waals surface area contributed by atoms with Gasteiger partial charge < -0.3 is 27.9 Å². The van der Waals surface area contributed by atoms with Crippen LogP contribution < -0.4 is 4.89 Å². The number of quaternary nitrogens is 1. The SMILES string of the molecule is CC/C=C\C/C=C\C/C=C\C/C=C\C/C=C\C/C=C\CCCCCCCCCCCCCCCCCCCCCCC(=O)OC(COC(=O)CCCCCCCCCCCCCCCCCCCCCCCCCCCCCCCCCCCC)COP(=O)([O-])OCC[N+](C)(C)C. The number of ether oxygens (including phenoxy) is 2. The van der Waals surface area contributed by atoms with Crippen LogP contribution in [0, 0.1) is 0 Å². The maximum atomic E-state index is 12.9. The molecule has 2 atom stereocenters. The molecule has 97 heavy (non-hydrogen) atoms. The van der Waals surface area contributed by atoms with Gasteiger partial charge in [-0.05, 0) is 64.2 Å². The summed E-state index contributed by atoms with van der Waals surface area (Å²) in [6.45, 7) is 4.20. The Hall–Kier alpha value is -2.55. The quantitative estimate of drug-likeness (QED) is 0.0195. The average molecular weight is 1380 g/mol. The van der Waals surface area contributed by atoms with E-state index in [1.54, 1.807) is 0 Å². The summed E-state index contributed by atoms with van der Waals surface area (Å²) < 4.78 is 34.5. The Morgan fingerprint density at radius 3 is 0.876 bits per heavy atom. The van der Waals surface area contributed by atoms with Crippen LogP contribution >= 0.6 is 7.82 Å². The lowest BCUT2D eigenvalue weighted by Crippen LogP contribution is -2.37. The first-order valence-electron chi connectivity index (χ1n) is 42.1. The molecule has 0 bridgehead atoms. The minimum absolute atomic E-state index is 0.0287. The highest BCUT2D eigenvalue weighted by Crippen LogP contribution is 2.38. The highest BCUT2D eigenvalue weighted by atomic mass is 31.2. The van der Waals surface area contributed by atoms with Gasteiger partial charge in [0.1, 0.15) is 19.8 Å². The van der Waals surface area contributed by atoms with Crippen LogP contribution in [0.2, 0.25) is 0 Å². The van der Waals surface area contributed by atoms with Gasteiger partial charge in [-0.25, -0.2) is 0 Å². The molecule has 0 aromatic heterocycles. The van der Waals surface area contributed by atoms with E-state index in [9.17, 15) is 19.0 Å². The first kappa shape index (κ1) is 94.5. The molecule has 0 amide bonds. The normalized spacial score (nSPS) is 13.3. The third-order valence-corrected chi connectivity index (χ3v) is 20.0. The summed E-state index contributed by atoms with van der Waals surface area (Å²) in [5.41, 5.74) is 0. The fraction of sp³-hybridized carbons (Fsp3) is 0.839. The maximum Gasteiger partial charge on any atom is 0.306 e. The second kappa shape index (κ2) is 77.6. The van der Waals surface area contributed by atoms with Crippen LogP contribution in [0.1, 0.15) is 418 Å². The third-order valence-electron chi connectivity index (χ3n) is 19.0. The van der Waals surface area contributed by atoms with Gasteiger partial charge in [0.2, 0.25) is 0 Å². The fourth-order valence-electron chi connectivity index (χ4n) is 12.6. The van der Waals surface area contributed by atoms with E-state index in [2.05, 4.69) is 86.8 Å². The van der Waals surface area contributed by atoms with Crippen molar-refractivity contribution in [2.75, 3.05) is 47.5 Å². The molecule has 0 rings (SSSR count). The van der Waals surface area contributed by atoms with Crippen molar-refractivity contribution in [2.45, 2.75) is 424 Å². The van der Waals surface area contributed by atoms with Crippen LogP contribution in [0.3, 0.4) is 0 Å². The van der Waals surface area contributed by atoms with Gasteiger partial charge in [-0.15, -0.1) is 0 Å². The molecular weight excluding hydrogens is 1220 g/mol. The Kier molecular flexibility index (Phi) is 75.6. The van der Waals surface area contributed by atoms with Crippen molar-refractivity contribution in [1.82, 2.24) is 0 Å². The minimum atomic E-state index is -4.65. The van der Waals surface area contributed by atoms with Gasteiger partial charge in [-0.1, -0.05) is 414 Å². The number of hydrogen-bond donors (Lipinski definition) is 0. The lowest BCUT2D eigenvalue weighted by Gasteiger charge is -2.28. The second-order valence-corrected chi connectivity index (χ2v) is 31.2. The first-order valence-corrected chi connectivity index (χ1v) is 43.6. The molecule has 0 aromatic rings. The number of carbonyl (C=O) groups is 2. The number of phosphoric ester groups is 1. The molecule has 0 N–H and O–H groups in total. The van der Waals surface area contributed by atoms with E-state index in [0.717, 1.165) is 70.6 Å². The number of rotatable bonds is 79. The van der Waals surface area contributed by atoms with Gasteiger partial charge in [0.05, 0.1) is 27.7 Å². The summed E-state index contributed by atoms with van der Waals surface area (Å²) in [4.78, 5) is 38.2. The van der Waals surface area contributed by atoms with E-state index in [1.807, 2.05) is 21.1 Å². The molecule has 0 aliphatic heterocycles. The molecule has 0 aromatic carbocycles. The van der Waals surface area contributed by atoms with Crippen molar-refractivity contribution < 1.29 is 42.1 Å². The number of esters is 2. The highest BCUT2D eigenvalue weighted by Gasteiger charge is 2.22. The Balaban J connectivity index is 3.89. The summed E-state index contributed by atoms with van der Waals surface area (Å²) in [6, 6.07) is 0. The predicted octanol–water partition coefficient (Wildman–Crippen LogP) is 27.6. The average Bonchev–Trinajstić information content (AvgIpc) is 1.69. The number of carbonyl (C=O) groups excluding carboxylic acids is 2. The lowest BCUT2D eigenvalue weighted by molar-refractivity contribution is -0.870. The number of unbranched alkanes of at least 4 members (excludes halogenated alkanes) is 53. The Morgan fingerprint density at radius 1 is 0.330 bits per heavy atom. The Morgan fingerprint density at radius 2 is 0.588 bits per heavy atom. The van der Waals surface area contributed by atoms with E-state index in [0.29, 0.717) is 17.4 Å². The second-order valence-electron chi connectivity index (χ2n) is 29.8. The molecule has 0 saturated carbocycles. The van der Waals surface area contributed by atoms with Crippen LogP contribution in [0.15, 0.2) is 72.9 Å². The van der Waals surface area contributed by atoms with E-state index in [4.69, 9.17) is 18.5 Å². The van der Waals surface area contributed by atoms with Crippen LogP contribution in [0.4, 0.5) is 0 Å². The number of nitrogens with zero attached hydrogens (tertiary/aromatic N) is 1. The molecule has 0 saturated heterocycles. The summed E-state index contributed by atoms with van der Waals surface area (Å²) in [6.07, 6.45) is 106. The molecule has 0 radical (unpaired) electrons. The van der Waals surface area contributed by atoms with Crippen molar-refractivity contribution in [3.63, 3.8) is 0 Å². The van der Waals surface area contributed by atoms with Crippen molar-refractivity contribution in [1.29, 1.82) is 0 Å². The number of phosphoric acid groups is 1. The molecule has 0 fully saturated rings. The molecule has 9 nitrogen and oxygen atoms in total. The van der Waals surface area contributed by atoms with Gasteiger partial charge >= 0.3 is 11.9 Å². The lowest BCUT2D eigenvalue weighted by atomic mass is 10.0. The zero-order chi connectivity index (χ0) is 70.4. The largest absolute Gasteiger partial charge is 0.756 e. The molecule has 0 heterocycles. The predicted molar refractivity (Wildman–Crippen MR) is 420 cm³/mol. The van der Waals surface area contributed by atoms with Crippen LogP contribution in [0.5, 0.6) is 0 Å². The minimum Gasteiger partial charge on any atom is -0.756 e. The van der Waals surface area contributed by atoms with Gasteiger partial charge in [0.25, 0.3) is 7.82 Å². The maximum absolute atomic E-state index is 12.9. The summed E-state index contributed by atoms with van der Waals surface area (Å²) in [5.74, 6) is -0.809. The summed E-state index contributed by atoms with van der Waals surface area (Å²) in [5, 5.41) is 0. The molecular formula is C87H162NO8P. The van der Waals surface area contributed by atoms with Crippen molar-refractivity contribution >= 4 is 19.8 Å². The van der Waals surface area contributed by atoms with Gasteiger partial charge in [-0.3, -0.25) is 14.2 Å². The van der Waals surface area contributed by atoms with Crippen LogP contribution in [-0.2, 0) is 32.7 Å². The van der Waals surface area contributed by atoms with Crippen molar-refractivity contribution in [3.05, 3.63) is 72.9 Å². The van der Waals surface area contributed by atoms with Gasteiger partial charge in [0.15, 0.2) is 6.10 Å². The smallest absolute Gasteiger partial charge is 0.306 e. The van der Waals surface area contributed by atoms with Crippen molar-refractivity contribution in [2.24, 2.45) is 0 Å². The number of allylic oxidation sites excluding steroid dienone is 12. The van der Waals surface area contributed by atoms with Gasteiger partial charge in [0, 0.05) is 12.8 Å². The zero-order valence-electron chi connectivity index (χ0n) is 65.0. The van der Waals surface area contributed by atoms with E-state index in [1.165, 1.54) is 315 Å². The topological polar surface area (TPSA) is 111 Å². The standard InChI is InChI=1S/C87H162NO8P/c1-6-8-10-12-14-16-18-20-22-24-26-28-30-32-34-36-38-40-42-43-44-45-46-48-50-52-54-56-58-60-62-64-66-68-70-72-74-76-78-80-87(90)96-85(84-95-97(91,92)94-82-81-88(3,4)5)83-93-86(89)79-77-75-73-71-69-67-65-63-61-59-57-55-53-51-49-47-41-39-37-35-33-31-29-27-25-23-21-19-17-15-13-11-9-7-2/h8,10,14,16,20,22,26,28,32,34,38,40,85H,6-7,9,11-13,15,17-19,21,23-25,27,29-31,33,35-37,39,41-84H2,1-5H3/b10-8-,16-14-,22-20-,28-26-,34-32-,40-38-. The van der Waals surface area contributed by atoms with E-state index in [-0.39, 0.29) is 32.0 Å². The third kappa shape index (κ3) is 82.3. The van der Waals surface area contributed by atoms with Crippen LogP contribution in [0.25, 0.3) is 0 Å². The fourth-order valence-corrected chi connectivity index (χ4v) is 13.3. The molecule has 568 valence electrons. The van der Waals surface area contributed by atoms with Crippen LogP contribution in [-0.4, -0.2) is 70.0 Å².